The summed E-state index contributed by atoms with van der Waals surface area (Å²) >= 11 is 0. The molecule has 6 N–H and O–H groups in total. The predicted molar refractivity (Wildman–Crippen MR) is 140 cm³/mol. The Balaban J connectivity index is 1.65. The minimum atomic E-state index is -1.19. The fourth-order valence-corrected chi connectivity index (χ4v) is 3.74. The maximum atomic E-state index is 12.9. The van der Waals surface area contributed by atoms with E-state index in [1.54, 1.807) is 18.2 Å². The Hall–Kier alpha value is -4.94. The zero-order valence-electron chi connectivity index (χ0n) is 21.7. The number of methoxy groups -OCH3 is 3. The van der Waals surface area contributed by atoms with Crippen molar-refractivity contribution in [1.82, 2.24) is 5.32 Å². The molecule has 0 radical (unpaired) electrons. The molecule has 3 rings (SSSR count). The van der Waals surface area contributed by atoms with Crippen molar-refractivity contribution < 1.29 is 43.2 Å². The molecular formula is C26H30N4O9. The van der Waals surface area contributed by atoms with E-state index in [1.807, 2.05) is 0 Å². The number of guanidine groups is 1. The quantitative estimate of drug-likeness (QED) is 0.123. The zero-order chi connectivity index (χ0) is 28.5. The number of hydrogen-bond acceptors (Lipinski definition) is 9. The van der Waals surface area contributed by atoms with E-state index >= 15 is 0 Å². The number of aliphatic imine (C=N–C) groups is 1. The van der Waals surface area contributed by atoms with Crippen LogP contribution in [0.25, 0.3) is 6.08 Å². The van der Waals surface area contributed by atoms with Crippen molar-refractivity contribution >= 4 is 29.7 Å². The highest BCUT2D eigenvalue weighted by molar-refractivity contribution is 6.14. The van der Waals surface area contributed by atoms with Crippen LogP contribution in [0, 0.1) is 0 Å². The number of aliphatic carboxylic acids is 1. The molecule has 0 saturated heterocycles. The molecule has 0 aromatic heterocycles. The molecule has 0 spiro atoms. The van der Waals surface area contributed by atoms with Gasteiger partial charge in [0.2, 0.25) is 11.5 Å². The van der Waals surface area contributed by atoms with Gasteiger partial charge in [-0.1, -0.05) is 0 Å². The van der Waals surface area contributed by atoms with Gasteiger partial charge in [0.25, 0.3) is 5.91 Å². The summed E-state index contributed by atoms with van der Waals surface area (Å²) in [5.41, 5.74) is 11.4. The molecule has 39 heavy (non-hydrogen) atoms. The Morgan fingerprint density at radius 2 is 1.79 bits per heavy atom. The largest absolute Gasteiger partial charge is 0.493 e. The summed E-state index contributed by atoms with van der Waals surface area (Å²) in [7, 11) is 4.46. The highest BCUT2D eigenvalue weighted by Gasteiger charge is 2.28. The second-order valence-electron chi connectivity index (χ2n) is 8.25. The first kappa shape index (κ1) is 28.6. The smallest absolute Gasteiger partial charge is 0.326 e. The van der Waals surface area contributed by atoms with E-state index in [4.69, 9.17) is 35.2 Å². The van der Waals surface area contributed by atoms with Crippen LogP contribution in [0.3, 0.4) is 0 Å². The summed E-state index contributed by atoms with van der Waals surface area (Å²) in [6, 6.07) is 6.73. The van der Waals surface area contributed by atoms with Crippen LogP contribution in [0.1, 0.15) is 28.8 Å². The first-order chi connectivity index (χ1) is 18.7. The molecule has 0 aliphatic carbocycles. The number of nitrogens with two attached hydrogens (primary N) is 2. The minimum Gasteiger partial charge on any atom is -0.493 e. The standard InChI is InChI=1S/C26H30N4O9/c1-35-20-10-14(11-21(36-2)24(20)37-3)9-19-23(32)16-7-6-15(12-18(16)39-19)38-13-22(31)30-17(25(33)34)5-4-8-29-26(27)28/h6-7,9-12,17H,4-5,8,13H2,1-3H3,(H,30,31)(H,33,34)(H4,27,28,29). The van der Waals surface area contributed by atoms with Crippen LogP contribution in [0.4, 0.5) is 0 Å². The SMILES string of the molecule is COc1cc(C=C2Oc3cc(OCC(=O)NC(CCCN=C(N)N)C(=O)O)ccc3C2=O)cc(OC)c1OC. The highest BCUT2D eigenvalue weighted by atomic mass is 16.5. The second kappa shape index (κ2) is 13.0. The number of allylic oxidation sites excluding steroid dienone is 1. The van der Waals surface area contributed by atoms with Gasteiger partial charge in [0.1, 0.15) is 17.5 Å². The molecule has 1 amide bonds. The molecule has 1 unspecified atom stereocenters. The van der Waals surface area contributed by atoms with E-state index in [1.165, 1.54) is 39.5 Å². The Kier molecular flexibility index (Phi) is 9.57. The van der Waals surface area contributed by atoms with Crippen molar-refractivity contribution in [2.75, 3.05) is 34.5 Å². The number of nitrogens with one attached hydrogen (secondary N) is 1. The van der Waals surface area contributed by atoms with Gasteiger partial charge in [-0.25, -0.2) is 4.79 Å². The van der Waals surface area contributed by atoms with Gasteiger partial charge in [0, 0.05) is 12.6 Å². The van der Waals surface area contributed by atoms with Crippen molar-refractivity contribution in [2.45, 2.75) is 18.9 Å². The van der Waals surface area contributed by atoms with Gasteiger partial charge in [-0.15, -0.1) is 0 Å². The molecule has 1 heterocycles. The lowest BCUT2D eigenvalue weighted by atomic mass is 10.1. The fraction of sp³-hybridized carbons (Fsp3) is 0.308. The van der Waals surface area contributed by atoms with Gasteiger partial charge in [-0.3, -0.25) is 14.6 Å². The molecule has 1 aliphatic heterocycles. The molecule has 13 heteroatoms. The summed E-state index contributed by atoms with van der Waals surface area (Å²) < 4.78 is 27.3. The second-order valence-corrected chi connectivity index (χ2v) is 8.25. The van der Waals surface area contributed by atoms with E-state index in [0.717, 1.165) is 0 Å². The number of benzene rings is 2. The minimum absolute atomic E-state index is 0.0687. The zero-order valence-corrected chi connectivity index (χ0v) is 21.7. The molecule has 1 aliphatic rings. The molecule has 0 saturated carbocycles. The summed E-state index contributed by atoms with van der Waals surface area (Å²) in [5, 5.41) is 11.7. The normalized spacial score (nSPS) is 13.6. The topological polar surface area (TPSA) is 194 Å². The average Bonchev–Trinajstić information content (AvgIpc) is 3.22. The molecule has 1 atom stereocenters. The number of rotatable bonds is 13. The van der Waals surface area contributed by atoms with Crippen LogP contribution in [0.15, 0.2) is 41.1 Å². The molecule has 0 bridgehead atoms. The van der Waals surface area contributed by atoms with Gasteiger partial charge in [-0.2, -0.15) is 0 Å². The van der Waals surface area contributed by atoms with Crippen LogP contribution in [-0.4, -0.2) is 69.2 Å². The lowest BCUT2D eigenvalue weighted by Crippen LogP contribution is -2.43. The summed E-state index contributed by atoms with van der Waals surface area (Å²) in [5.74, 6) is -0.441. The average molecular weight is 543 g/mol. The van der Waals surface area contributed by atoms with Crippen LogP contribution >= 0.6 is 0 Å². The number of ether oxygens (including phenoxy) is 5. The highest BCUT2D eigenvalue weighted by Crippen LogP contribution is 2.40. The van der Waals surface area contributed by atoms with Gasteiger partial charge in [-0.05, 0) is 48.7 Å². The van der Waals surface area contributed by atoms with Gasteiger partial charge in [0.05, 0.1) is 26.9 Å². The number of carbonyl (C=O) groups excluding carboxylic acids is 2. The lowest BCUT2D eigenvalue weighted by molar-refractivity contribution is -0.142. The number of hydrogen-bond donors (Lipinski definition) is 4. The van der Waals surface area contributed by atoms with Crippen LogP contribution in [0.2, 0.25) is 0 Å². The fourth-order valence-electron chi connectivity index (χ4n) is 3.74. The number of carboxylic acids is 1. The summed E-state index contributed by atoms with van der Waals surface area (Å²) in [6.45, 7) is -0.207. The number of ketones is 1. The third-order valence-electron chi connectivity index (χ3n) is 5.57. The van der Waals surface area contributed by atoms with Gasteiger partial charge in [0.15, 0.2) is 29.8 Å². The predicted octanol–water partition coefficient (Wildman–Crippen LogP) is 1.33. The Labute approximate surface area is 224 Å². The van der Waals surface area contributed by atoms with Crippen LogP contribution in [0.5, 0.6) is 28.7 Å². The van der Waals surface area contributed by atoms with E-state index in [2.05, 4.69) is 10.3 Å². The number of nitrogens with zero attached hydrogens (tertiary/aromatic N) is 1. The van der Waals surface area contributed by atoms with Crippen LogP contribution < -0.4 is 40.5 Å². The Morgan fingerprint density at radius 1 is 1.10 bits per heavy atom. The van der Waals surface area contributed by atoms with Gasteiger partial charge < -0.3 is 45.6 Å². The third kappa shape index (κ3) is 7.31. The van der Waals surface area contributed by atoms with Crippen molar-refractivity contribution in [3.8, 4) is 28.7 Å². The molecule has 13 nitrogen and oxygen atoms in total. The Bertz CT molecular complexity index is 1280. The van der Waals surface area contributed by atoms with Crippen molar-refractivity contribution in [3.05, 3.63) is 47.2 Å². The van der Waals surface area contributed by atoms with Gasteiger partial charge >= 0.3 is 5.97 Å². The maximum Gasteiger partial charge on any atom is 0.326 e. The molecular weight excluding hydrogens is 512 g/mol. The number of fused-ring (bicyclic) bond motifs is 1. The number of carboxylic acid groups (broad SMARTS) is 1. The monoisotopic (exact) mass is 542 g/mol. The van der Waals surface area contributed by atoms with Crippen LogP contribution in [-0.2, 0) is 9.59 Å². The summed E-state index contributed by atoms with van der Waals surface area (Å²) in [4.78, 5) is 40.4. The van der Waals surface area contributed by atoms with Crippen molar-refractivity contribution in [1.29, 1.82) is 0 Å². The summed E-state index contributed by atoms with van der Waals surface area (Å²) in [6.07, 6.45) is 2.03. The van der Waals surface area contributed by atoms with E-state index in [-0.39, 0.29) is 42.0 Å². The first-order valence-corrected chi connectivity index (χ1v) is 11.8. The molecule has 2 aromatic carbocycles. The van der Waals surface area contributed by atoms with E-state index in [0.29, 0.717) is 34.8 Å². The maximum absolute atomic E-state index is 12.9. The number of carbonyl (C=O) groups is 3. The van der Waals surface area contributed by atoms with Crippen molar-refractivity contribution in [2.24, 2.45) is 16.5 Å². The first-order valence-electron chi connectivity index (χ1n) is 11.8. The number of Topliss-reactive ketones (excluding diaryl/α,β-unsaturated/α-hetero) is 1. The van der Waals surface area contributed by atoms with Crippen molar-refractivity contribution in [3.63, 3.8) is 0 Å². The molecule has 2 aromatic rings. The third-order valence-corrected chi connectivity index (χ3v) is 5.57. The lowest BCUT2D eigenvalue weighted by Gasteiger charge is -2.14. The van der Waals surface area contributed by atoms with E-state index < -0.39 is 24.5 Å². The number of amides is 1. The molecule has 0 fully saturated rings. The molecule has 208 valence electrons. The van der Waals surface area contributed by atoms with E-state index in [9.17, 15) is 19.5 Å². The Morgan fingerprint density at radius 3 is 2.38 bits per heavy atom.